The van der Waals surface area contributed by atoms with Crippen LogP contribution in [0.5, 0.6) is 0 Å². The van der Waals surface area contributed by atoms with Crippen LogP contribution in [0.25, 0.3) is 10.2 Å². The minimum absolute atomic E-state index is 0.226. The molecule has 0 spiro atoms. The lowest BCUT2D eigenvalue weighted by molar-refractivity contribution is 0.188. The fourth-order valence-corrected chi connectivity index (χ4v) is 2.63. The molecule has 0 aliphatic heterocycles. The van der Waals surface area contributed by atoms with Crippen LogP contribution in [0, 0.1) is 0 Å². The predicted molar refractivity (Wildman–Crippen MR) is 61.3 cm³/mol. The van der Waals surface area contributed by atoms with Crippen molar-refractivity contribution in [2.75, 3.05) is 6.54 Å². The van der Waals surface area contributed by atoms with Gasteiger partial charge in [-0.15, -0.1) is 11.3 Å². The van der Waals surface area contributed by atoms with Crippen LogP contribution in [0.15, 0.2) is 22.1 Å². The van der Waals surface area contributed by atoms with Gasteiger partial charge in [-0.25, -0.2) is 4.98 Å². The second kappa shape index (κ2) is 3.94. The molecule has 0 fully saturated rings. The van der Waals surface area contributed by atoms with Crippen molar-refractivity contribution < 1.29 is 5.11 Å². The van der Waals surface area contributed by atoms with E-state index in [9.17, 15) is 5.11 Å². The first-order chi connectivity index (χ1) is 6.72. The number of fused-ring (bicyclic) bond motifs is 1. The molecular formula is C9H9BrN2OS. The number of halogens is 1. The van der Waals surface area contributed by atoms with Crippen molar-refractivity contribution in [1.29, 1.82) is 0 Å². The Hall–Kier alpha value is -0.490. The number of rotatable bonds is 2. The number of hydrogen-bond donors (Lipinski definition) is 2. The number of thiazole rings is 1. The average molecular weight is 273 g/mol. The summed E-state index contributed by atoms with van der Waals surface area (Å²) < 4.78 is 1.92. The van der Waals surface area contributed by atoms with E-state index in [0.29, 0.717) is 0 Å². The first kappa shape index (κ1) is 10.0. The van der Waals surface area contributed by atoms with Crippen LogP contribution in [0.4, 0.5) is 0 Å². The van der Waals surface area contributed by atoms with Gasteiger partial charge in [-0.3, -0.25) is 0 Å². The minimum atomic E-state index is -0.615. The SMILES string of the molecule is NCC(O)c1cc(Br)cc2ncsc12. The third kappa shape index (κ3) is 1.68. The zero-order valence-corrected chi connectivity index (χ0v) is 9.68. The first-order valence-corrected chi connectivity index (χ1v) is 5.80. The highest BCUT2D eigenvalue weighted by molar-refractivity contribution is 9.10. The van der Waals surface area contributed by atoms with Crippen LogP contribution < -0.4 is 5.73 Å². The molecule has 0 aliphatic rings. The quantitative estimate of drug-likeness (QED) is 0.880. The van der Waals surface area contributed by atoms with Crippen molar-refractivity contribution in [2.45, 2.75) is 6.10 Å². The standard InChI is InChI=1S/C9H9BrN2OS/c10-5-1-6(8(13)3-11)9-7(2-5)12-4-14-9/h1-2,4,8,13H,3,11H2. The van der Waals surface area contributed by atoms with Gasteiger partial charge in [0.2, 0.25) is 0 Å². The molecule has 3 N–H and O–H groups in total. The molecule has 0 bridgehead atoms. The van der Waals surface area contributed by atoms with E-state index in [-0.39, 0.29) is 6.54 Å². The predicted octanol–water partition coefficient (Wildman–Crippen LogP) is 2.05. The van der Waals surface area contributed by atoms with Gasteiger partial charge in [0.1, 0.15) is 0 Å². The maximum absolute atomic E-state index is 9.70. The van der Waals surface area contributed by atoms with Gasteiger partial charge in [-0.2, -0.15) is 0 Å². The summed E-state index contributed by atoms with van der Waals surface area (Å²) in [5, 5.41) is 9.70. The van der Waals surface area contributed by atoms with Crippen LogP contribution in [-0.4, -0.2) is 16.6 Å². The van der Waals surface area contributed by atoms with Crippen LogP contribution >= 0.6 is 27.3 Å². The Labute approximate surface area is 93.7 Å². The van der Waals surface area contributed by atoms with Gasteiger partial charge >= 0.3 is 0 Å². The molecule has 14 heavy (non-hydrogen) atoms. The summed E-state index contributed by atoms with van der Waals surface area (Å²) in [6, 6.07) is 3.82. The normalized spacial score (nSPS) is 13.4. The lowest BCUT2D eigenvalue weighted by Gasteiger charge is -2.09. The minimum Gasteiger partial charge on any atom is -0.387 e. The fraction of sp³-hybridized carbons (Fsp3) is 0.222. The topological polar surface area (TPSA) is 59.1 Å². The molecule has 2 aromatic rings. The Balaban J connectivity index is 2.66. The van der Waals surface area contributed by atoms with Gasteiger partial charge in [-0.05, 0) is 12.1 Å². The van der Waals surface area contributed by atoms with Gasteiger partial charge in [-0.1, -0.05) is 15.9 Å². The molecule has 3 nitrogen and oxygen atoms in total. The molecule has 74 valence electrons. The van der Waals surface area contributed by atoms with Gasteiger partial charge in [0.05, 0.1) is 21.8 Å². The summed E-state index contributed by atoms with van der Waals surface area (Å²) in [7, 11) is 0. The number of nitrogens with two attached hydrogens (primary N) is 1. The summed E-state index contributed by atoms with van der Waals surface area (Å²) in [5.41, 5.74) is 8.94. The van der Waals surface area contributed by atoms with Crippen LogP contribution in [0.2, 0.25) is 0 Å². The molecule has 0 aliphatic carbocycles. The van der Waals surface area contributed by atoms with E-state index in [1.807, 2.05) is 12.1 Å². The number of aromatic nitrogens is 1. The van der Waals surface area contributed by atoms with Crippen molar-refractivity contribution in [2.24, 2.45) is 5.73 Å². The highest BCUT2D eigenvalue weighted by Gasteiger charge is 2.12. The number of aliphatic hydroxyl groups excluding tert-OH is 1. The van der Waals surface area contributed by atoms with E-state index in [2.05, 4.69) is 20.9 Å². The largest absolute Gasteiger partial charge is 0.387 e. The van der Waals surface area contributed by atoms with E-state index < -0.39 is 6.10 Å². The van der Waals surface area contributed by atoms with Crippen molar-refractivity contribution in [3.05, 3.63) is 27.7 Å². The monoisotopic (exact) mass is 272 g/mol. The Morgan fingerprint density at radius 2 is 2.36 bits per heavy atom. The number of benzene rings is 1. The summed E-state index contributed by atoms with van der Waals surface area (Å²) in [6.07, 6.45) is -0.615. The highest BCUT2D eigenvalue weighted by Crippen LogP contribution is 2.30. The van der Waals surface area contributed by atoms with Gasteiger partial charge in [0.25, 0.3) is 0 Å². The average Bonchev–Trinajstić information content (AvgIpc) is 2.62. The maximum Gasteiger partial charge on any atom is 0.0927 e. The summed E-state index contributed by atoms with van der Waals surface area (Å²) in [5.74, 6) is 0. The van der Waals surface area contributed by atoms with Crippen LogP contribution in [-0.2, 0) is 0 Å². The first-order valence-electron chi connectivity index (χ1n) is 4.13. The van der Waals surface area contributed by atoms with Crippen molar-refractivity contribution in [1.82, 2.24) is 4.98 Å². The third-order valence-corrected chi connectivity index (χ3v) is 3.36. The molecule has 2 rings (SSSR count). The molecule has 0 saturated heterocycles. The zero-order valence-electron chi connectivity index (χ0n) is 7.27. The fourth-order valence-electron chi connectivity index (χ4n) is 1.33. The second-order valence-corrected chi connectivity index (χ2v) is 4.72. The van der Waals surface area contributed by atoms with Gasteiger partial charge < -0.3 is 10.8 Å². The molecule has 0 saturated carbocycles. The number of aliphatic hydroxyl groups is 1. The highest BCUT2D eigenvalue weighted by atomic mass is 79.9. The molecule has 1 aromatic heterocycles. The van der Waals surface area contributed by atoms with Crippen molar-refractivity contribution >= 4 is 37.5 Å². The van der Waals surface area contributed by atoms with Gasteiger partial charge in [0.15, 0.2) is 0 Å². The molecule has 1 atom stereocenters. The Morgan fingerprint density at radius 1 is 1.57 bits per heavy atom. The number of nitrogens with zero attached hydrogens (tertiary/aromatic N) is 1. The molecule has 5 heteroatoms. The molecule has 1 aromatic carbocycles. The summed E-state index contributed by atoms with van der Waals surface area (Å²) in [6.45, 7) is 0.226. The lowest BCUT2D eigenvalue weighted by Crippen LogP contribution is -2.11. The Bertz CT molecular complexity index is 457. The molecule has 1 unspecified atom stereocenters. The zero-order chi connectivity index (χ0) is 10.1. The Morgan fingerprint density at radius 3 is 3.07 bits per heavy atom. The number of hydrogen-bond acceptors (Lipinski definition) is 4. The van der Waals surface area contributed by atoms with E-state index in [4.69, 9.17) is 5.73 Å². The van der Waals surface area contributed by atoms with E-state index >= 15 is 0 Å². The summed E-state index contributed by atoms with van der Waals surface area (Å²) >= 11 is 4.90. The second-order valence-electron chi connectivity index (χ2n) is 2.95. The summed E-state index contributed by atoms with van der Waals surface area (Å²) in [4.78, 5) is 4.19. The van der Waals surface area contributed by atoms with E-state index in [1.54, 1.807) is 5.51 Å². The van der Waals surface area contributed by atoms with Crippen molar-refractivity contribution in [3.8, 4) is 0 Å². The molecule has 1 heterocycles. The van der Waals surface area contributed by atoms with Crippen LogP contribution in [0.3, 0.4) is 0 Å². The lowest BCUT2D eigenvalue weighted by atomic mass is 10.1. The third-order valence-electron chi connectivity index (χ3n) is 2.01. The maximum atomic E-state index is 9.70. The Kier molecular flexibility index (Phi) is 2.83. The van der Waals surface area contributed by atoms with E-state index in [0.717, 1.165) is 20.3 Å². The smallest absolute Gasteiger partial charge is 0.0927 e. The van der Waals surface area contributed by atoms with Crippen molar-refractivity contribution in [3.63, 3.8) is 0 Å². The van der Waals surface area contributed by atoms with Crippen LogP contribution in [0.1, 0.15) is 11.7 Å². The molecular weight excluding hydrogens is 264 g/mol. The molecule has 0 radical (unpaired) electrons. The van der Waals surface area contributed by atoms with Gasteiger partial charge in [0, 0.05) is 16.6 Å². The van der Waals surface area contributed by atoms with E-state index in [1.165, 1.54) is 11.3 Å². The molecule has 0 amide bonds.